The molecule has 0 bridgehead atoms. The minimum atomic E-state index is -1.01. The predicted octanol–water partition coefficient (Wildman–Crippen LogP) is 2.96. The Balaban J connectivity index is 2.60. The number of hydrogen-bond donors (Lipinski definition) is 1. The second-order valence-corrected chi connectivity index (χ2v) is 4.71. The lowest BCUT2D eigenvalue weighted by Gasteiger charge is -2.10. The predicted molar refractivity (Wildman–Crippen MR) is 73.5 cm³/mol. The van der Waals surface area contributed by atoms with E-state index in [1.54, 1.807) is 43.2 Å². The molecule has 2 aromatic rings. The van der Waals surface area contributed by atoms with Crippen molar-refractivity contribution in [3.05, 3.63) is 40.6 Å². The molecule has 0 spiro atoms. The Hall–Kier alpha value is -1.95. The molecule has 19 heavy (non-hydrogen) atoms. The zero-order chi connectivity index (χ0) is 14.0. The quantitative estimate of drug-likeness (QED) is 0.938. The van der Waals surface area contributed by atoms with Crippen LogP contribution in [0, 0.1) is 0 Å². The van der Waals surface area contributed by atoms with E-state index in [0.717, 1.165) is 0 Å². The smallest absolute Gasteiger partial charge is 0.352 e. The first-order valence-electron chi connectivity index (χ1n) is 5.39. The number of ether oxygens (including phenoxy) is 2. The van der Waals surface area contributed by atoms with Crippen molar-refractivity contribution in [3.8, 4) is 17.2 Å². The monoisotopic (exact) mass is 325 g/mol. The number of carboxylic acids is 1. The number of hydrogen-bond acceptors (Lipinski definition) is 3. The van der Waals surface area contributed by atoms with Crippen LogP contribution < -0.4 is 9.47 Å². The number of halogens is 1. The Morgan fingerprint density at radius 1 is 1.16 bits per heavy atom. The molecule has 1 N–H and O–H groups in total. The van der Waals surface area contributed by atoms with Crippen LogP contribution in [0.1, 0.15) is 10.5 Å². The highest BCUT2D eigenvalue weighted by molar-refractivity contribution is 9.10. The van der Waals surface area contributed by atoms with Gasteiger partial charge < -0.3 is 19.1 Å². The lowest BCUT2D eigenvalue weighted by atomic mass is 10.2. The number of rotatable bonds is 4. The Bertz CT molecular complexity index is 599. The summed E-state index contributed by atoms with van der Waals surface area (Å²) >= 11 is 3.27. The molecule has 0 aliphatic rings. The first-order chi connectivity index (χ1) is 9.05. The average molecular weight is 326 g/mol. The molecular formula is C13H12BrNO4. The molecule has 1 aromatic carbocycles. The minimum Gasteiger partial charge on any atom is -0.497 e. The fourth-order valence-corrected chi connectivity index (χ4v) is 2.16. The van der Waals surface area contributed by atoms with Crippen molar-refractivity contribution in [3.63, 3.8) is 0 Å². The first kappa shape index (κ1) is 13.5. The van der Waals surface area contributed by atoms with E-state index >= 15 is 0 Å². The standard InChI is InChI=1S/C13H12BrNO4/c1-18-10-4-9(5-11(6-10)19-2)15-7-8(14)3-12(15)13(16)17/h3-7H,1-2H3,(H,16,17). The van der Waals surface area contributed by atoms with E-state index in [1.807, 2.05) is 0 Å². The van der Waals surface area contributed by atoms with Crippen molar-refractivity contribution in [1.29, 1.82) is 0 Å². The SMILES string of the molecule is COc1cc(OC)cc(-n2cc(Br)cc2C(=O)O)c1. The van der Waals surface area contributed by atoms with Crippen LogP contribution in [0.4, 0.5) is 0 Å². The van der Waals surface area contributed by atoms with Gasteiger partial charge in [0.15, 0.2) is 0 Å². The molecule has 0 atom stereocenters. The molecular weight excluding hydrogens is 314 g/mol. The van der Waals surface area contributed by atoms with E-state index in [1.165, 1.54) is 6.07 Å². The number of carboxylic acid groups (broad SMARTS) is 1. The molecule has 0 aliphatic carbocycles. The summed E-state index contributed by atoms with van der Waals surface area (Å²) in [5.74, 6) is 0.179. The minimum absolute atomic E-state index is 0.155. The summed E-state index contributed by atoms with van der Waals surface area (Å²) in [4.78, 5) is 11.2. The topological polar surface area (TPSA) is 60.7 Å². The summed E-state index contributed by atoms with van der Waals surface area (Å²) in [6, 6.07) is 6.74. The molecule has 0 saturated carbocycles. The Kier molecular flexibility index (Phi) is 3.80. The third-order valence-electron chi connectivity index (χ3n) is 2.62. The summed E-state index contributed by atoms with van der Waals surface area (Å²) in [6.45, 7) is 0. The van der Waals surface area contributed by atoms with Gasteiger partial charge in [0.05, 0.1) is 19.9 Å². The van der Waals surface area contributed by atoms with Crippen molar-refractivity contribution in [2.24, 2.45) is 0 Å². The first-order valence-corrected chi connectivity index (χ1v) is 6.19. The van der Waals surface area contributed by atoms with Crippen LogP contribution in [0.2, 0.25) is 0 Å². The summed E-state index contributed by atoms with van der Waals surface area (Å²) in [7, 11) is 3.09. The Labute approximate surface area is 118 Å². The van der Waals surface area contributed by atoms with Gasteiger partial charge in [0.25, 0.3) is 0 Å². The van der Waals surface area contributed by atoms with Gasteiger partial charge in [-0.25, -0.2) is 4.79 Å². The maximum absolute atomic E-state index is 11.2. The molecule has 6 heteroatoms. The summed E-state index contributed by atoms with van der Waals surface area (Å²) in [5.41, 5.74) is 0.807. The van der Waals surface area contributed by atoms with Gasteiger partial charge in [0.2, 0.25) is 0 Å². The normalized spacial score (nSPS) is 10.3. The van der Waals surface area contributed by atoms with E-state index in [4.69, 9.17) is 9.47 Å². The van der Waals surface area contributed by atoms with Gasteiger partial charge in [-0.2, -0.15) is 0 Å². The largest absolute Gasteiger partial charge is 0.497 e. The Morgan fingerprint density at radius 3 is 2.21 bits per heavy atom. The van der Waals surface area contributed by atoms with Crippen LogP contribution in [0.5, 0.6) is 11.5 Å². The molecule has 0 saturated heterocycles. The highest BCUT2D eigenvalue weighted by atomic mass is 79.9. The maximum Gasteiger partial charge on any atom is 0.352 e. The fraction of sp³-hybridized carbons (Fsp3) is 0.154. The number of carbonyl (C=O) groups is 1. The Morgan fingerprint density at radius 2 is 1.74 bits per heavy atom. The van der Waals surface area contributed by atoms with E-state index in [2.05, 4.69) is 15.9 Å². The lowest BCUT2D eigenvalue weighted by molar-refractivity contribution is 0.0688. The number of aromatic carboxylic acids is 1. The lowest BCUT2D eigenvalue weighted by Crippen LogP contribution is -2.06. The summed E-state index contributed by atoms with van der Waals surface area (Å²) in [5, 5.41) is 9.19. The fourth-order valence-electron chi connectivity index (χ4n) is 1.74. The van der Waals surface area contributed by atoms with E-state index < -0.39 is 5.97 Å². The van der Waals surface area contributed by atoms with Gasteiger partial charge in [-0.3, -0.25) is 0 Å². The zero-order valence-electron chi connectivity index (χ0n) is 10.4. The van der Waals surface area contributed by atoms with Crippen LogP contribution in [-0.2, 0) is 0 Å². The molecule has 1 heterocycles. The van der Waals surface area contributed by atoms with E-state index in [9.17, 15) is 9.90 Å². The average Bonchev–Trinajstić information content (AvgIpc) is 2.80. The van der Waals surface area contributed by atoms with Gasteiger partial charge in [-0.1, -0.05) is 0 Å². The molecule has 0 unspecified atom stereocenters. The number of benzene rings is 1. The van der Waals surface area contributed by atoms with Crippen LogP contribution >= 0.6 is 15.9 Å². The molecule has 5 nitrogen and oxygen atoms in total. The molecule has 1 aromatic heterocycles. The van der Waals surface area contributed by atoms with Gasteiger partial charge >= 0.3 is 5.97 Å². The highest BCUT2D eigenvalue weighted by Gasteiger charge is 2.14. The second-order valence-electron chi connectivity index (χ2n) is 3.79. The van der Waals surface area contributed by atoms with Crippen LogP contribution in [0.25, 0.3) is 5.69 Å². The van der Waals surface area contributed by atoms with Gasteiger partial charge in [-0.15, -0.1) is 0 Å². The van der Waals surface area contributed by atoms with Crippen molar-refractivity contribution >= 4 is 21.9 Å². The van der Waals surface area contributed by atoms with Crippen LogP contribution in [0.15, 0.2) is 34.9 Å². The number of nitrogens with zero attached hydrogens (tertiary/aromatic N) is 1. The molecule has 2 rings (SSSR count). The number of aromatic nitrogens is 1. The second kappa shape index (κ2) is 5.36. The van der Waals surface area contributed by atoms with Gasteiger partial charge in [0.1, 0.15) is 17.2 Å². The molecule has 0 aliphatic heterocycles. The molecule has 100 valence electrons. The number of methoxy groups -OCH3 is 2. The van der Waals surface area contributed by atoms with Crippen LogP contribution in [0.3, 0.4) is 0 Å². The van der Waals surface area contributed by atoms with Crippen LogP contribution in [-0.4, -0.2) is 29.9 Å². The van der Waals surface area contributed by atoms with E-state index in [-0.39, 0.29) is 5.69 Å². The third-order valence-corrected chi connectivity index (χ3v) is 3.05. The van der Waals surface area contributed by atoms with E-state index in [0.29, 0.717) is 21.7 Å². The molecule has 0 fully saturated rings. The van der Waals surface area contributed by atoms with Crippen molar-refractivity contribution in [1.82, 2.24) is 4.57 Å². The van der Waals surface area contributed by atoms with Gasteiger partial charge in [0, 0.05) is 28.9 Å². The molecule has 0 radical (unpaired) electrons. The zero-order valence-corrected chi connectivity index (χ0v) is 12.0. The van der Waals surface area contributed by atoms with Gasteiger partial charge in [-0.05, 0) is 22.0 Å². The van der Waals surface area contributed by atoms with Crippen molar-refractivity contribution < 1.29 is 19.4 Å². The summed E-state index contributed by atoms with van der Waals surface area (Å²) < 4.78 is 12.6. The van der Waals surface area contributed by atoms with Crippen molar-refractivity contribution in [2.75, 3.05) is 14.2 Å². The van der Waals surface area contributed by atoms with Crippen molar-refractivity contribution in [2.45, 2.75) is 0 Å². The third kappa shape index (κ3) is 2.73. The maximum atomic E-state index is 11.2. The summed E-state index contributed by atoms with van der Waals surface area (Å²) in [6.07, 6.45) is 1.68. The molecule has 0 amide bonds. The highest BCUT2D eigenvalue weighted by Crippen LogP contribution is 2.27.